The van der Waals surface area contributed by atoms with Crippen LogP contribution in [-0.2, 0) is 6.54 Å². The summed E-state index contributed by atoms with van der Waals surface area (Å²) < 4.78 is 26.1. The third-order valence-electron chi connectivity index (χ3n) is 4.34. The van der Waals surface area contributed by atoms with Crippen LogP contribution in [0.1, 0.15) is 10.4 Å². The second kappa shape index (κ2) is 7.15. The fourth-order valence-electron chi connectivity index (χ4n) is 2.90. The van der Waals surface area contributed by atoms with Crippen LogP contribution >= 0.6 is 0 Å². The van der Waals surface area contributed by atoms with E-state index in [9.17, 15) is 18.8 Å². The summed E-state index contributed by atoms with van der Waals surface area (Å²) in [5.41, 5.74) is -0.938. The van der Waals surface area contributed by atoms with E-state index in [4.69, 9.17) is 9.47 Å². The molecule has 0 bridgehead atoms. The maximum atomic E-state index is 13.0. The van der Waals surface area contributed by atoms with Gasteiger partial charge in [0.2, 0.25) is 0 Å². The van der Waals surface area contributed by atoms with E-state index in [2.05, 4.69) is 0 Å². The molecule has 1 aromatic heterocycles. The van der Waals surface area contributed by atoms with Gasteiger partial charge in [-0.25, -0.2) is 4.39 Å². The Kier molecular flexibility index (Phi) is 4.52. The molecule has 0 aliphatic carbocycles. The minimum Gasteiger partial charge on any atom is -0.486 e. The lowest BCUT2D eigenvalue weighted by molar-refractivity contribution is 0.0970. The van der Waals surface area contributed by atoms with E-state index in [0.717, 1.165) is 16.7 Å². The number of Topliss-reactive ketones (excluding diaryl/α,β-unsaturated/α-hetero) is 1. The maximum absolute atomic E-state index is 13.0. The first-order valence-corrected chi connectivity index (χ1v) is 8.54. The number of ketones is 1. The molecule has 0 unspecified atom stereocenters. The van der Waals surface area contributed by atoms with Gasteiger partial charge < -0.3 is 14.0 Å². The molecule has 0 saturated carbocycles. The van der Waals surface area contributed by atoms with Gasteiger partial charge in [0, 0.05) is 24.0 Å². The van der Waals surface area contributed by atoms with Crippen LogP contribution in [0.5, 0.6) is 11.5 Å². The molecule has 3 aromatic rings. The summed E-state index contributed by atoms with van der Waals surface area (Å²) in [4.78, 5) is 37.2. The fourth-order valence-corrected chi connectivity index (χ4v) is 2.90. The van der Waals surface area contributed by atoms with Gasteiger partial charge in [-0.15, -0.1) is 0 Å². The molecule has 1 aliphatic heterocycles. The Hall–Kier alpha value is -3.68. The maximum Gasteiger partial charge on any atom is 0.320 e. The molecule has 1 aliphatic rings. The van der Waals surface area contributed by atoms with Crippen molar-refractivity contribution in [3.05, 3.63) is 86.9 Å². The van der Waals surface area contributed by atoms with Gasteiger partial charge in [-0.05, 0) is 36.4 Å². The Morgan fingerprint density at radius 3 is 2.39 bits per heavy atom. The van der Waals surface area contributed by atoms with E-state index in [1.165, 1.54) is 29.1 Å². The molecule has 7 nitrogen and oxygen atoms in total. The summed E-state index contributed by atoms with van der Waals surface area (Å²) in [5, 5.41) is 0. The number of carbonyl (C=O) groups is 1. The minimum absolute atomic E-state index is 0.254. The van der Waals surface area contributed by atoms with Crippen molar-refractivity contribution in [3.8, 4) is 17.2 Å². The van der Waals surface area contributed by atoms with Crippen LogP contribution in [0.25, 0.3) is 5.69 Å². The summed E-state index contributed by atoms with van der Waals surface area (Å²) in [6, 6.07) is 9.91. The van der Waals surface area contributed by atoms with Crippen LogP contribution in [0.3, 0.4) is 0 Å². The number of ether oxygens (including phenoxy) is 2. The van der Waals surface area contributed by atoms with Crippen molar-refractivity contribution in [2.24, 2.45) is 0 Å². The Labute approximate surface area is 158 Å². The molecule has 2 aromatic carbocycles. The number of halogens is 1. The number of hydrogen-bond acceptors (Lipinski definition) is 5. The summed E-state index contributed by atoms with van der Waals surface area (Å²) >= 11 is 0. The Balaban J connectivity index is 1.64. The average Bonchev–Trinajstić information content (AvgIpc) is 2.71. The normalized spacial score (nSPS) is 12.6. The molecule has 0 amide bonds. The average molecular weight is 382 g/mol. The zero-order chi connectivity index (χ0) is 19.7. The zero-order valence-electron chi connectivity index (χ0n) is 14.6. The molecule has 8 heteroatoms. The first-order chi connectivity index (χ1) is 13.5. The third-order valence-corrected chi connectivity index (χ3v) is 4.34. The van der Waals surface area contributed by atoms with Crippen molar-refractivity contribution in [2.45, 2.75) is 6.54 Å². The highest BCUT2D eigenvalue weighted by Gasteiger charge is 2.15. The van der Waals surface area contributed by atoms with E-state index in [-0.39, 0.29) is 12.1 Å². The van der Waals surface area contributed by atoms with E-state index in [1.807, 2.05) is 0 Å². The van der Waals surface area contributed by atoms with Gasteiger partial charge in [-0.1, -0.05) is 0 Å². The van der Waals surface area contributed by atoms with Crippen LogP contribution in [0.15, 0.2) is 64.4 Å². The van der Waals surface area contributed by atoms with Crippen LogP contribution in [0.4, 0.5) is 4.39 Å². The Morgan fingerprint density at radius 1 is 0.929 bits per heavy atom. The quantitative estimate of drug-likeness (QED) is 0.508. The van der Waals surface area contributed by atoms with E-state index >= 15 is 0 Å². The number of aromatic nitrogens is 2. The van der Waals surface area contributed by atoms with Crippen molar-refractivity contribution in [2.75, 3.05) is 13.2 Å². The number of carbonyl (C=O) groups excluding carboxylic acids is 1. The van der Waals surface area contributed by atoms with Crippen molar-refractivity contribution in [3.63, 3.8) is 0 Å². The highest BCUT2D eigenvalue weighted by atomic mass is 19.1. The van der Waals surface area contributed by atoms with Gasteiger partial charge in [0.25, 0.3) is 0 Å². The molecule has 0 saturated heterocycles. The van der Waals surface area contributed by atoms with Crippen LogP contribution < -0.4 is 20.6 Å². The number of nitrogens with zero attached hydrogens (tertiary/aromatic N) is 2. The monoisotopic (exact) mass is 382 g/mol. The number of benzene rings is 2. The second-order valence-electron chi connectivity index (χ2n) is 6.16. The molecule has 0 radical (unpaired) electrons. The lowest BCUT2D eigenvalue weighted by atomic mass is 10.1. The van der Waals surface area contributed by atoms with E-state index in [0.29, 0.717) is 30.4 Å². The molecular formula is C20H15FN2O5. The highest BCUT2D eigenvalue weighted by Crippen LogP contribution is 2.31. The molecule has 0 N–H and O–H groups in total. The first-order valence-electron chi connectivity index (χ1n) is 8.54. The second-order valence-corrected chi connectivity index (χ2v) is 6.16. The molecule has 28 heavy (non-hydrogen) atoms. The van der Waals surface area contributed by atoms with Crippen LogP contribution in [-0.4, -0.2) is 28.1 Å². The molecule has 0 atom stereocenters. The summed E-state index contributed by atoms with van der Waals surface area (Å²) in [7, 11) is 0. The molecular weight excluding hydrogens is 367 g/mol. The largest absolute Gasteiger partial charge is 0.486 e. The van der Waals surface area contributed by atoms with Crippen LogP contribution in [0.2, 0.25) is 0 Å². The zero-order valence-corrected chi connectivity index (χ0v) is 14.6. The number of fused-ring (bicyclic) bond motifs is 1. The minimum atomic E-state index is -0.840. The van der Waals surface area contributed by atoms with Crippen LogP contribution in [0, 0.1) is 5.82 Å². The number of hydrogen-bond donors (Lipinski definition) is 0. The fraction of sp³-hybridized carbons (Fsp3) is 0.150. The van der Waals surface area contributed by atoms with Gasteiger partial charge >= 0.3 is 11.1 Å². The standard InChI is InChI=1S/C20H15FN2O5/c21-14-3-1-13(2-4-14)16(24)12-22-7-8-23(20(26)19(22)25)15-5-6-17-18(11-15)28-10-9-27-17/h1-8,11H,9-10,12H2. The van der Waals surface area contributed by atoms with Crippen molar-refractivity contribution >= 4 is 5.78 Å². The smallest absolute Gasteiger partial charge is 0.320 e. The summed E-state index contributed by atoms with van der Waals surface area (Å²) in [5.74, 6) is 0.196. The Morgan fingerprint density at radius 2 is 1.64 bits per heavy atom. The molecule has 4 rings (SSSR count). The predicted octanol–water partition coefficient (Wildman–Crippen LogP) is 1.79. The lowest BCUT2D eigenvalue weighted by Gasteiger charge is -2.19. The SMILES string of the molecule is O=C(Cn1ccn(-c2ccc3c(c2)OCCO3)c(=O)c1=O)c1ccc(F)cc1. The van der Waals surface area contributed by atoms with Gasteiger partial charge in [-0.2, -0.15) is 0 Å². The van der Waals surface area contributed by atoms with Gasteiger partial charge in [0.1, 0.15) is 19.0 Å². The van der Waals surface area contributed by atoms with Crippen molar-refractivity contribution < 1.29 is 18.7 Å². The Bertz CT molecular complexity index is 1160. The number of rotatable bonds is 4. The van der Waals surface area contributed by atoms with E-state index in [1.54, 1.807) is 18.2 Å². The van der Waals surface area contributed by atoms with Gasteiger partial charge in [-0.3, -0.25) is 19.0 Å². The topological polar surface area (TPSA) is 79.5 Å². The van der Waals surface area contributed by atoms with E-state index < -0.39 is 22.7 Å². The molecule has 0 fully saturated rings. The lowest BCUT2D eigenvalue weighted by Crippen LogP contribution is -2.41. The molecule has 142 valence electrons. The molecule has 0 spiro atoms. The third kappa shape index (κ3) is 3.32. The van der Waals surface area contributed by atoms with Crippen molar-refractivity contribution in [1.82, 2.24) is 9.13 Å². The first kappa shape index (κ1) is 17.7. The predicted molar refractivity (Wildman–Crippen MR) is 98.0 cm³/mol. The van der Waals surface area contributed by atoms with Crippen molar-refractivity contribution in [1.29, 1.82) is 0 Å². The van der Waals surface area contributed by atoms with Gasteiger partial charge in [0.15, 0.2) is 17.3 Å². The summed E-state index contributed by atoms with van der Waals surface area (Å²) in [6.07, 6.45) is 2.77. The van der Waals surface area contributed by atoms with Gasteiger partial charge in [0.05, 0.1) is 12.2 Å². The summed E-state index contributed by atoms with van der Waals surface area (Å²) in [6.45, 7) is 0.532. The highest BCUT2D eigenvalue weighted by molar-refractivity contribution is 5.95. The molecule has 2 heterocycles.